The highest BCUT2D eigenvalue weighted by molar-refractivity contribution is 5.49. The molecule has 0 aromatic heterocycles. The summed E-state index contributed by atoms with van der Waals surface area (Å²) in [5.74, 6) is -0.412. The van der Waals surface area contributed by atoms with Gasteiger partial charge in [-0.05, 0) is 61.2 Å². The van der Waals surface area contributed by atoms with Gasteiger partial charge in [-0.2, -0.15) is 0 Å². The highest BCUT2D eigenvalue weighted by atomic mass is 19.1. The second kappa shape index (κ2) is 6.57. The van der Waals surface area contributed by atoms with Crippen LogP contribution in [-0.2, 0) is 6.42 Å². The first-order valence-corrected chi connectivity index (χ1v) is 6.98. The number of rotatable bonds is 5. The van der Waals surface area contributed by atoms with Gasteiger partial charge >= 0.3 is 0 Å². The molecule has 0 aliphatic carbocycles. The fraction of sp³-hybridized carbons (Fsp3) is 0.294. The maximum atomic E-state index is 14.0. The second-order valence-corrected chi connectivity index (χ2v) is 5.16. The van der Waals surface area contributed by atoms with E-state index < -0.39 is 0 Å². The van der Waals surface area contributed by atoms with Crippen LogP contribution in [0.1, 0.15) is 16.7 Å². The van der Waals surface area contributed by atoms with Gasteiger partial charge in [0.1, 0.15) is 11.6 Å². The molecule has 0 bridgehead atoms. The molecule has 4 heteroatoms. The molecule has 0 fully saturated rings. The van der Waals surface area contributed by atoms with E-state index in [1.54, 1.807) is 32.0 Å². The fourth-order valence-corrected chi connectivity index (χ4v) is 2.21. The minimum absolute atomic E-state index is 0.175. The van der Waals surface area contributed by atoms with Crippen LogP contribution in [-0.4, -0.2) is 13.6 Å². The molecule has 2 rings (SSSR count). The lowest BCUT2D eigenvalue weighted by atomic mass is 10.1. The molecule has 0 amide bonds. The lowest BCUT2D eigenvalue weighted by Crippen LogP contribution is -2.08. The number of anilines is 2. The van der Waals surface area contributed by atoms with Crippen molar-refractivity contribution in [2.24, 2.45) is 0 Å². The molecule has 0 spiro atoms. The molecule has 0 radical (unpaired) electrons. The Bertz CT molecular complexity index is 639. The van der Waals surface area contributed by atoms with Crippen LogP contribution in [0.5, 0.6) is 0 Å². The third kappa shape index (κ3) is 3.72. The van der Waals surface area contributed by atoms with Gasteiger partial charge in [-0.25, -0.2) is 8.78 Å². The Morgan fingerprint density at radius 3 is 2.38 bits per heavy atom. The summed E-state index contributed by atoms with van der Waals surface area (Å²) < 4.78 is 27.5. The molecule has 2 aromatic carbocycles. The molecule has 0 atom stereocenters. The van der Waals surface area contributed by atoms with E-state index >= 15 is 0 Å². The van der Waals surface area contributed by atoms with Gasteiger partial charge in [0.25, 0.3) is 0 Å². The minimum atomic E-state index is -0.237. The monoisotopic (exact) mass is 290 g/mol. The Kier molecular flexibility index (Phi) is 4.78. The normalized spacial score (nSPS) is 10.5. The topological polar surface area (TPSA) is 24.1 Å². The number of nitrogens with one attached hydrogen (secondary N) is 2. The van der Waals surface area contributed by atoms with E-state index in [0.717, 1.165) is 5.69 Å². The highest BCUT2D eigenvalue weighted by Gasteiger charge is 2.07. The average molecular weight is 290 g/mol. The molecule has 2 aromatic rings. The van der Waals surface area contributed by atoms with Crippen molar-refractivity contribution < 1.29 is 8.78 Å². The van der Waals surface area contributed by atoms with E-state index in [-0.39, 0.29) is 11.6 Å². The van der Waals surface area contributed by atoms with E-state index in [9.17, 15) is 8.78 Å². The summed E-state index contributed by atoms with van der Waals surface area (Å²) in [4.78, 5) is 0. The summed E-state index contributed by atoms with van der Waals surface area (Å²) in [6, 6.07) is 8.59. The van der Waals surface area contributed by atoms with E-state index in [0.29, 0.717) is 35.3 Å². The summed E-state index contributed by atoms with van der Waals surface area (Å²) in [5, 5.41) is 6.14. The molecule has 0 heterocycles. The van der Waals surface area contributed by atoms with Crippen molar-refractivity contribution in [3.05, 3.63) is 58.7 Å². The molecule has 2 N–H and O–H groups in total. The Hall–Kier alpha value is -2.10. The van der Waals surface area contributed by atoms with Crippen LogP contribution in [0.15, 0.2) is 30.3 Å². The first-order chi connectivity index (χ1) is 10.0. The van der Waals surface area contributed by atoms with E-state index in [2.05, 4.69) is 10.6 Å². The maximum absolute atomic E-state index is 14.0. The SMILES string of the molecule is CNc1cc(C)c(F)c(CCNc2ccc(C)c(F)c2)c1. The fourth-order valence-electron chi connectivity index (χ4n) is 2.21. The lowest BCUT2D eigenvalue weighted by molar-refractivity contribution is 0.601. The van der Waals surface area contributed by atoms with Gasteiger partial charge in [0.2, 0.25) is 0 Å². The van der Waals surface area contributed by atoms with Crippen molar-refractivity contribution in [2.45, 2.75) is 20.3 Å². The van der Waals surface area contributed by atoms with Crippen molar-refractivity contribution in [1.82, 2.24) is 0 Å². The molecule has 2 nitrogen and oxygen atoms in total. The van der Waals surface area contributed by atoms with Gasteiger partial charge in [-0.1, -0.05) is 6.07 Å². The van der Waals surface area contributed by atoms with Crippen molar-refractivity contribution in [3.8, 4) is 0 Å². The Morgan fingerprint density at radius 2 is 1.71 bits per heavy atom. The third-order valence-corrected chi connectivity index (χ3v) is 3.51. The smallest absolute Gasteiger partial charge is 0.129 e. The number of halogens is 2. The molecule has 0 saturated carbocycles. The van der Waals surface area contributed by atoms with Gasteiger partial charge in [-0.15, -0.1) is 0 Å². The number of aryl methyl sites for hydroxylation is 2. The molecule has 21 heavy (non-hydrogen) atoms. The summed E-state index contributed by atoms with van der Waals surface area (Å²) in [5.41, 5.74) is 3.49. The van der Waals surface area contributed by atoms with Crippen LogP contribution in [0.4, 0.5) is 20.2 Å². The largest absolute Gasteiger partial charge is 0.388 e. The van der Waals surface area contributed by atoms with E-state index in [1.165, 1.54) is 6.07 Å². The van der Waals surface area contributed by atoms with Crippen molar-refractivity contribution in [2.75, 3.05) is 24.2 Å². The highest BCUT2D eigenvalue weighted by Crippen LogP contribution is 2.20. The van der Waals surface area contributed by atoms with Crippen LogP contribution in [0.25, 0.3) is 0 Å². The zero-order valence-electron chi connectivity index (χ0n) is 12.6. The second-order valence-electron chi connectivity index (χ2n) is 5.16. The van der Waals surface area contributed by atoms with Crippen LogP contribution >= 0.6 is 0 Å². The number of hydrogen-bond acceptors (Lipinski definition) is 2. The molecule has 0 saturated heterocycles. The predicted octanol–water partition coefficient (Wildman–Crippen LogP) is 4.28. The summed E-state index contributed by atoms with van der Waals surface area (Å²) in [7, 11) is 1.81. The van der Waals surface area contributed by atoms with Crippen molar-refractivity contribution in [1.29, 1.82) is 0 Å². The maximum Gasteiger partial charge on any atom is 0.129 e. The first-order valence-electron chi connectivity index (χ1n) is 6.98. The molecule has 0 aliphatic rings. The van der Waals surface area contributed by atoms with Crippen LogP contribution < -0.4 is 10.6 Å². The van der Waals surface area contributed by atoms with Crippen LogP contribution in [0.3, 0.4) is 0 Å². The van der Waals surface area contributed by atoms with E-state index in [1.807, 2.05) is 13.1 Å². The number of benzene rings is 2. The van der Waals surface area contributed by atoms with Crippen LogP contribution in [0.2, 0.25) is 0 Å². The minimum Gasteiger partial charge on any atom is -0.388 e. The number of hydrogen-bond donors (Lipinski definition) is 2. The molecule has 0 unspecified atom stereocenters. The molecule has 0 aliphatic heterocycles. The first kappa shape index (κ1) is 15.3. The zero-order valence-corrected chi connectivity index (χ0v) is 12.6. The molecule has 112 valence electrons. The Balaban J connectivity index is 2.03. The standard InChI is InChI=1S/C17H20F2N2/c1-11-4-5-14(10-16(11)18)21-7-6-13-9-15(20-3)8-12(2)17(13)19/h4-5,8-10,20-21H,6-7H2,1-3H3. The van der Waals surface area contributed by atoms with Crippen molar-refractivity contribution >= 4 is 11.4 Å². The Morgan fingerprint density at radius 1 is 0.952 bits per heavy atom. The van der Waals surface area contributed by atoms with Gasteiger partial charge in [-0.3, -0.25) is 0 Å². The molecular formula is C17H20F2N2. The summed E-state index contributed by atoms with van der Waals surface area (Å²) >= 11 is 0. The van der Waals surface area contributed by atoms with Gasteiger partial charge < -0.3 is 10.6 Å². The lowest BCUT2D eigenvalue weighted by Gasteiger charge is -2.11. The summed E-state index contributed by atoms with van der Waals surface area (Å²) in [6.45, 7) is 4.02. The predicted molar refractivity (Wildman–Crippen MR) is 84.0 cm³/mol. The zero-order chi connectivity index (χ0) is 15.4. The summed E-state index contributed by atoms with van der Waals surface area (Å²) in [6.07, 6.45) is 0.539. The third-order valence-electron chi connectivity index (χ3n) is 3.51. The molecular weight excluding hydrogens is 270 g/mol. The van der Waals surface area contributed by atoms with Gasteiger partial charge in [0.15, 0.2) is 0 Å². The van der Waals surface area contributed by atoms with Crippen molar-refractivity contribution in [3.63, 3.8) is 0 Å². The van der Waals surface area contributed by atoms with Gasteiger partial charge in [0, 0.05) is 25.0 Å². The quantitative estimate of drug-likeness (QED) is 0.859. The Labute approximate surface area is 124 Å². The van der Waals surface area contributed by atoms with E-state index in [4.69, 9.17) is 0 Å². The van der Waals surface area contributed by atoms with Crippen LogP contribution in [0, 0.1) is 25.5 Å². The average Bonchev–Trinajstić information content (AvgIpc) is 2.47. The van der Waals surface area contributed by atoms with Gasteiger partial charge in [0.05, 0.1) is 0 Å².